The lowest BCUT2D eigenvalue weighted by Gasteiger charge is -2.14. The van der Waals surface area contributed by atoms with Gasteiger partial charge in [-0.3, -0.25) is 4.79 Å². The minimum atomic E-state index is 0.0867. The van der Waals surface area contributed by atoms with Crippen LogP contribution in [0.1, 0.15) is 12.2 Å². The summed E-state index contributed by atoms with van der Waals surface area (Å²) in [5.74, 6) is 0.982. The highest BCUT2D eigenvalue weighted by molar-refractivity contribution is 5.79. The molecule has 1 aromatic heterocycles. The maximum Gasteiger partial charge on any atom is 0.223 e. The van der Waals surface area contributed by atoms with Gasteiger partial charge in [-0.2, -0.15) is 0 Å². The summed E-state index contributed by atoms with van der Waals surface area (Å²) in [6.45, 7) is 1.47. The highest BCUT2D eigenvalue weighted by atomic mass is 16.2. The van der Waals surface area contributed by atoms with Crippen molar-refractivity contribution in [2.75, 3.05) is 13.1 Å². The van der Waals surface area contributed by atoms with Crippen LogP contribution in [-0.2, 0) is 11.3 Å². The molecular weight excluding hydrogens is 256 g/mol. The fraction of sp³-hybridized carbons (Fsp3) is 0.385. The zero-order valence-corrected chi connectivity index (χ0v) is 10.9. The normalized spacial score (nSPS) is 18.5. The van der Waals surface area contributed by atoms with Crippen molar-refractivity contribution in [3.8, 4) is 0 Å². The van der Waals surface area contributed by atoms with Gasteiger partial charge in [-0.15, -0.1) is 0 Å². The number of carbonyl (C=O) groups excluding carboxylic acids is 1. The molecule has 1 fully saturated rings. The average molecular weight is 270 g/mol. The molecule has 0 saturated carbocycles. The predicted octanol–water partition coefficient (Wildman–Crippen LogP) is 2.22. The van der Waals surface area contributed by atoms with Gasteiger partial charge in [0.25, 0.3) is 0 Å². The molecule has 1 amide bonds. The number of nitrogens with zero attached hydrogens (tertiary/aromatic N) is 5. The van der Waals surface area contributed by atoms with E-state index in [0.717, 1.165) is 16.9 Å². The van der Waals surface area contributed by atoms with Crippen molar-refractivity contribution in [1.29, 1.82) is 0 Å². The topological polar surface area (TPSA) is 97.8 Å². The van der Waals surface area contributed by atoms with Crippen LogP contribution in [0, 0.1) is 5.92 Å². The second-order valence-corrected chi connectivity index (χ2v) is 4.96. The van der Waals surface area contributed by atoms with Gasteiger partial charge < -0.3 is 9.88 Å². The maximum atomic E-state index is 11.9. The van der Waals surface area contributed by atoms with E-state index in [2.05, 4.69) is 20.0 Å². The molecule has 3 rings (SSSR count). The van der Waals surface area contributed by atoms with E-state index in [4.69, 9.17) is 5.53 Å². The second-order valence-electron chi connectivity index (χ2n) is 4.96. The van der Waals surface area contributed by atoms with E-state index in [1.165, 1.54) is 0 Å². The Labute approximate surface area is 115 Å². The summed E-state index contributed by atoms with van der Waals surface area (Å²) in [5, 5.41) is 3.54. The van der Waals surface area contributed by atoms with Crippen molar-refractivity contribution < 1.29 is 4.79 Å². The number of nitrogens with one attached hydrogen (secondary N) is 1. The van der Waals surface area contributed by atoms with Crippen LogP contribution in [0.2, 0.25) is 0 Å². The largest absolute Gasteiger partial charge is 0.340 e. The summed E-state index contributed by atoms with van der Waals surface area (Å²) in [4.78, 5) is 24.1. The molecular formula is C13H14N6O. The molecule has 0 spiro atoms. The molecule has 102 valence electrons. The number of benzene rings is 1. The summed E-state index contributed by atoms with van der Waals surface area (Å²) in [5.41, 5.74) is 10.2. The molecule has 0 aliphatic carbocycles. The quantitative estimate of drug-likeness (QED) is 0.523. The van der Waals surface area contributed by atoms with E-state index in [-0.39, 0.29) is 11.8 Å². The van der Waals surface area contributed by atoms with Gasteiger partial charge in [0.1, 0.15) is 5.82 Å². The number of hydrogen-bond acceptors (Lipinski definition) is 3. The molecule has 0 radical (unpaired) electrons. The van der Waals surface area contributed by atoms with Gasteiger partial charge in [0, 0.05) is 24.4 Å². The summed E-state index contributed by atoms with van der Waals surface area (Å²) >= 11 is 0. The molecule has 1 N–H and O–H groups in total. The second kappa shape index (κ2) is 5.22. The molecule has 7 nitrogen and oxygen atoms in total. The smallest absolute Gasteiger partial charge is 0.223 e. The number of hydrogen-bond donors (Lipinski definition) is 1. The monoisotopic (exact) mass is 270 g/mol. The number of aromatic nitrogens is 2. The third-order valence-electron chi connectivity index (χ3n) is 3.48. The highest BCUT2D eigenvalue weighted by Gasteiger charge is 2.29. The van der Waals surface area contributed by atoms with Crippen LogP contribution in [0.25, 0.3) is 21.5 Å². The summed E-state index contributed by atoms with van der Waals surface area (Å²) in [6, 6.07) is 7.78. The van der Waals surface area contributed by atoms with Crippen molar-refractivity contribution in [3.63, 3.8) is 0 Å². The molecule has 0 bridgehead atoms. The Kier molecular flexibility index (Phi) is 3.26. The number of carbonyl (C=O) groups is 1. The number of H-pyrrole nitrogens is 1. The van der Waals surface area contributed by atoms with E-state index in [0.29, 0.717) is 26.1 Å². The third kappa shape index (κ3) is 2.44. The first kappa shape index (κ1) is 12.5. The van der Waals surface area contributed by atoms with E-state index in [1.807, 2.05) is 24.3 Å². The minimum absolute atomic E-state index is 0.0867. The molecule has 1 aliphatic rings. The average Bonchev–Trinajstić information content (AvgIpc) is 3.00. The maximum absolute atomic E-state index is 11.9. The Bertz CT molecular complexity index is 654. The van der Waals surface area contributed by atoms with Gasteiger partial charge in [-0.1, -0.05) is 17.2 Å². The van der Waals surface area contributed by atoms with Crippen LogP contribution in [0.5, 0.6) is 0 Å². The SMILES string of the molecule is [N-]=[N+]=NCC1CC(=O)N(Cc2nc3ccccc3[nH]2)C1. The molecule has 1 saturated heterocycles. The van der Waals surface area contributed by atoms with Gasteiger partial charge >= 0.3 is 0 Å². The Morgan fingerprint density at radius 1 is 1.50 bits per heavy atom. The van der Waals surface area contributed by atoms with Crippen molar-refractivity contribution >= 4 is 16.9 Å². The summed E-state index contributed by atoms with van der Waals surface area (Å²) in [6.07, 6.45) is 0.444. The zero-order valence-electron chi connectivity index (χ0n) is 10.9. The van der Waals surface area contributed by atoms with Gasteiger partial charge in [0.05, 0.1) is 17.6 Å². The van der Waals surface area contributed by atoms with Crippen LogP contribution in [0.3, 0.4) is 0 Å². The van der Waals surface area contributed by atoms with Crippen LogP contribution >= 0.6 is 0 Å². The highest BCUT2D eigenvalue weighted by Crippen LogP contribution is 2.20. The van der Waals surface area contributed by atoms with Gasteiger partial charge in [0.15, 0.2) is 0 Å². The number of amides is 1. The number of para-hydroxylation sites is 2. The number of rotatable bonds is 4. The molecule has 20 heavy (non-hydrogen) atoms. The van der Waals surface area contributed by atoms with Gasteiger partial charge in [0.2, 0.25) is 5.91 Å². The fourth-order valence-electron chi connectivity index (χ4n) is 2.54. The number of imidazole rings is 1. The van der Waals surface area contributed by atoms with Gasteiger partial charge in [-0.05, 0) is 23.6 Å². The Morgan fingerprint density at radius 2 is 2.35 bits per heavy atom. The van der Waals surface area contributed by atoms with E-state index in [9.17, 15) is 4.79 Å². The fourth-order valence-corrected chi connectivity index (χ4v) is 2.54. The van der Waals surface area contributed by atoms with Crippen molar-refractivity contribution in [3.05, 3.63) is 40.5 Å². The van der Waals surface area contributed by atoms with E-state index >= 15 is 0 Å². The summed E-state index contributed by atoms with van der Waals surface area (Å²) in [7, 11) is 0. The number of likely N-dealkylation sites (tertiary alicyclic amines) is 1. The Balaban J connectivity index is 1.71. The summed E-state index contributed by atoms with van der Waals surface area (Å²) < 4.78 is 0. The lowest BCUT2D eigenvalue weighted by molar-refractivity contribution is -0.128. The van der Waals surface area contributed by atoms with E-state index < -0.39 is 0 Å². The first-order valence-corrected chi connectivity index (χ1v) is 6.48. The number of fused-ring (bicyclic) bond motifs is 1. The third-order valence-corrected chi connectivity index (χ3v) is 3.48. The zero-order chi connectivity index (χ0) is 13.9. The van der Waals surface area contributed by atoms with Crippen molar-refractivity contribution in [2.24, 2.45) is 11.0 Å². The number of aromatic amines is 1. The molecule has 7 heteroatoms. The van der Waals surface area contributed by atoms with Crippen molar-refractivity contribution in [2.45, 2.75) is 13.0 Å². The van der Waals surface area contributed by atoms with Crippen LogP contribution in [-0.4, -0.2) is 33.9 Å². The molecule has 1 aliphatic heterocycles. The lowest BCUT2D eigenvalue weighted by atomic mass is 10.1. The van der Waals surface area contributed by atoms with Crippen LogP contribution < -0.4 is 0 Å². The van der Waals surface area contributed by atoms with E-state index in [1.54, 1.807) is 4.90 Å². The minimum Gasteiger partial charge on any atom is -0.340 e. The van der Waals surface area contributed by atoms with Crippen molar-refractivity contribution in [1.82, 2.24) is 14.9 Å². The van der Waals surface area contributed by atoms with Crippen LogP contribution in [0.15, 0.2) is 29.4 Å². The molecule has 1 atom stereocenters. The Morgan fingerprint density at radius 3 is 3.15 bits per heavy atom. The van der Waals surface area contributed by atoms with Gasteiger partial charge in [-0.25, -0.2) is 4.98 Å². The molecule has 1 unspecified atom stereocenters. The number of azide groups is 1. The standard InChI is InChI=1S/C13H14N6O/c14-18-15-6-9-5-13(20)19(7-9)8-12-16-10-3-1-2-4-11(10)17-12/h1-4,9H,5-8H2,(H,16,17). The predicted molar refractivity (Wildman–Crippen MR) is 73.6 cm³/mol. The molecule has 2 aromatic rings. The molecule has 1 aromatic carbocycles. The molecule has 2 heterocycles. The first-order valence-electron chi connectivity index (χ1n) is 6.48. The lowest BCUT2D eigenvalue weighted by Crippen LogP contribution is -2.25. The Hall–Kier alpha value is -2.53. The van der Waals surface area contributed by atoms with Crippen LogP contribution in [0.4, 0.5) is 0 Å². The first-order chi connectivity index (χ1) is 9.76.